The van der Waals surface area contributed by atoms with Crippen LogP contribution < -0.4 is 5.32 Å². The summed E-state index contributed by atoms with van der Waals surface area (Å²) in [7, 11) is 0. The van der Waals surface area contributed by atoms with E-state index in [0.29, 0.717) is 0 Å². The molecule has 0 unspecified atom stereocenters. The molecule has 1 N–H and O–H groups in total. The van der Waals surface area contributed by atoms with Crippen LogP contribution in [0.4, 0.5) is 26.3 Å². The molecule has 0 amide bonds. The van der Waals surface area contributed by atoms with E-state index in [1.165, 1.54) is 6.92 Å². The van der Waals surface area contributed by atoms with Crippen molar-refractivity contribution in [1.29, 1.82) is 0 Å². The van der Waals surface area contributed by atoms with E-state index < -0.39 is 29.6 Å². The molecular formula is C23H23F6NO. The van der Waals surface area contributed by atoms with Gasteiger partial charge < -0.3 is 10.1 Å². The van der Waals surface area contributed by atoms with E-state index in [2.05, 4.69) is 5.32 Å². The Bertz CT molecular complexity index is 893. The van der Waals surface area contributed by atoms with Gasteiger partial charge in [-0.05, 0) is 62.1 Å². The first-order chi connectivity index (χ1) is 14.4. The molecule has 1 atom stereocenters. The van der Waals surface area contributed by atoms with Crippen molar-refractivity contribution in [3.8, 4) is 0 Å². The predicted octanol–water partition coefficient (Wildman–Crippen LogP) is 6.27. The molecule has 168 valence electrons. The zero-order valence-electron chi connectivity index (χ0n) is 16.9. The smallest absolute Gasteiger partial charge is 0.373 e. The molecule has 1 spiro atoms. The second-order valence-corrected chi connectivity index (χ2v) is 8.75. The normalized spacial score (nSPS) is 26.9. The number of benzene rings is 2. The van der Waals surface area contributed by atoms with Gasteiger partial charge in [-0.25, -0.2) is 0 Å². The van der Waals surface area contributed by atoms with Crippen molar-refractivity contribution in [1.82, 2.24) is 5.32 Å². The van der Waals surface area contributed by atoms with Gasteiger partial charge in [0.05, 0.1) is 23.8 Å². The van der Waals surface area contributed by atoms with Gasteiger partial charge in [0.1, 0.15) is 0 Å². The Morgan fingerprint density at radius 1 is 0.935 bits per heavy atom. The topological polar surface area (TPSA) is 21.3 Å². The number of rotatable bonds is 5. The lowest BCUT2D eigenvalue weighted by atomic mass is 9.51. The van der Waals surface area contributed by atoms with Crippen LogP contribution in [0, 0.1) is 0 Å². The highest BCUT2D eigenvalue weighted by Crippen LogP contribution is 2.54. The highest BCUT2D eigenvalue weighted by Gasteiger charge is 2.58. The SMILES string of the molecule is C[C@@H](OC[C@]1(c2ccccc2)C[C@@]2(CCN2)C1)c1cc(C(F)(F)F)cc(C(F)(F)F)c1. The summed E-state index contributed by atoms with van der Waals surface area (Å²) in [6, 6.07) is 11.3. The lowest BCUT2D eigenvalue weighted by Gasteiger charge is -2.61. The van der Waals surface area contributed by atoms with Crippen molar-refractivity contribution in [3.05, 3.63) is 70.8 Å². The summed E-state index contributed by atoms with van der Waals surface area (Å²) >= 11 is 0. The highest BCUT2D eigenvalue weighted by molar-refractivity contribution is 5.36. The first-order valence-electron chi connectivity index (χ1n) is 10.1. The molecule has 8 heteroatoms. The third-order valence-corrected chi connectivity index (χ3v) is 6.53. The molecule has 0 aromatic heterocycles. The van der Waals surface area contributed by atoms with Crippen LogP contribution >= 0.6 is 0 Å². The first kappa shape index (κ1) is 22.1. The molecule has 2 aromatic carbocycles. The monoisotopic (exact) mass is 443 g/mol. The van der Waals surface area contributed by atoms with Crippen LogP contribution in [0.25, 0.3) is 0 Å². The van der Waals surface area contributed by atoms with Gasteiger partial charge in [-0.1, -0.05) is 30.3 Å². The van der Waals surface area contributed by atoms with E-state index in [4.69, 9.17) is 4.74 Å². The van der Waals surface area contributed by atoms with Gasteiger partial charge in [0.15, 0.2) is 0 Å². The van der Waals surface area contributed by atoms with Gasteiger partial charge in [0.25, 0.3) is 0 Å². The van der Waals surface area contributed by atoms with E-state index >= 15 is 0 Å². The Balaban J connectivity index is 1.56. The zero-order valence-corrected chi connectivity index (χ0v) is 16.9. The minimum atomic E-state index is -4.88. The molecule has 31 heavy (non-hydrogen) atoms. The molecule has 1 saturated carbocycles. The molecule has 0 bridgehead atoms. The van der Waals surface area contributed by atoms with Crippen molar-refractivity contribution in [2.45, 2.75) is 55.6 Å². The molecular weight excluding hydrogens is 420 g/mol. The number of ether oxygens (including phenoxy) is 1. The van der Waals surface area contributed by atoms with Crippen LogP contribution in [0.2, 0.25) is 0 Å². The van der Waals surface area contributed by atoms with Crippen LogP contribution in [0.1, 0.15) is 54.5 Å². The Kier molecular flexibility index (Phi) is 5.37. The summed E-state index contributed by atoms with van der Waals surface area (Å²) in [5.41, 5.74) is -1.96. The Labute approximate surface area is 176 Å². The van der Waals surface area contributed by atoms with Gasteiger partial charge in [-0.3, -0.25) is 0 Å². The summed E-state index contributed by atoms with van der Waals surface area (Å²) < 4.78 is 85.0. The molecule has 1 aliphatic heterocycles. The lowest BCUT2D eigenvalue weighted by molar-refractivity contribution is -0.143. The third-order valence-electron chi connectivity index (χ3n) is 6.53. The van der Waals surface area contributed by atoms with Gasteiger partial charge in [-0.15, -0.1) is 0 Å². The second-order valence-electron chi connectivity index (χ2n) is 8.75. The minimum absolute atomic E-state index is 0.0715. The Morgan fingerprint density at radius 2 is 1.48 bits per heavy atom. The summed E-state index contributed by atoms with van der Waals surface area (Å²) in [4.78, 5) is 0. The van der Waals surface area contributed by atoms with Gasteiger partial charge >= 0.3 is 12.4 Å². The van der Waals surface area contributed by atoms with Crippen molar-refractivity contribution < 1.29 is 31.1 Å². The van der Waals surface area contributed by atoms with Crippen molar-refractivity contribution >= 4 is 0 Å². The van der Waals surface area contributed by atoms with Crippen LogP contribution in [0.5, 0.6) is 0 Å². The molecule has 2 aromatic rings. The van der Waals surface area contributed by atoms with Gasteiger partial charge in [0, 0.05) is 11.0 Å². The van der Waals surface area contributed by atoms with Crippen LogP contribution in [-0.4, -0.2) is 18.7 Å². The molecule has 2 fully saturated rings. The average molecular weight is 443 g/mol. The summed E-state index contributed by atoms with van der Waals surface area (Å²) in [5.74, 6) is 0. The average Bonchev–Trinajstić information content (AvgIpc) is 2.65. The highest BCUT2D eigenvalue weighted by atomic mass is 19.4. The second kappa shape index (κ2) is 7.52. The molecule has 1 heterocycles. The Morgan fingerprint density at radius 3 is 1.94 bits per heavy atom. The number of hydrogen-bond acceptors (Lipinski definition) is 2. The number of nitrogens with one attached hydrogen (secondary N) is 1. The maximum absolute atomic E-state index is 13.2. The lowest BCUT2D eigenvalue weighted by Crippen LogP contribution is -2.70. The number of alkyl halides is 6. The van der Waals surface area contributed by atoms with E-state index in [-0.39, 0.29) is 29.2 Å². The fraction of sp³-hybridized carbons (Fsp3) is 0.478. The fourth-order valence-electron chi connectivity index (χ4n) is 4.80. The van der Waals surface area contributed by atoms with Crippen molar-refractivity contribution in [2.75, 3.05) is 13.2 Å². The van der Waals surface area contributed by atoms with E-state index in [1.807, 2.05) is 30.3 Å². The predicted molar refractivity (Wildman–Crippen MR) is 104 cm³/mol. The third kappa shape index (κ3) is 4.32. The van der Waals surface area contributed by atoms with Gasteiger partial charge in [-0.2, -0.15) is 26.3 Å². The summed E-state index contributed by atoms with van der Waals surface area (Å²) in [5, 5.41) is 3.44. The Hall–Kier alpha value is -2.06. The quantitative estimate of drug-likeness (QED) is 0.551. The first-order valence-corrected chi connectivity index (χ1v) is 10.1. The van der Waals surface area contributed by atoms with Crippen LogP contribution in [-0.2, 0) is 22.5 Å². The number of hydrogen-bond donors (Lipinski definition) is 1. The molecule has 0 radical (unpaired) electrons. The summed E-state index contributed by atoms with van der Waals surface area (Å²) in [6.07, 6.45) is -7.97. The minimum Gasteiger partial charge on any atom is -0.373 e. The maximum Gasteiger partial charge on any atom is 0.416 e. The molecule has 4 rings (SSSR count). The van der Waals surface area contributed by atoms with Gasteiger partial charge in [0.2, 0.25) is 0 Å². The fourth-order valence-corrected chi connectivity index (χ4v) is 4.80. The van der Waals surface area contributed by atoms with Crippen molar-refractivity contribution in [2.24, 2.45) is 0 Å². The standard InChI is InChI=1S/C23H23F6NO/c1-15(16-9-18(22(24,25)26)11-19(10-16)23(27,28)29)31-14-20(17-5-3-2-4-6-17)12-21(13-20)7-8-30-21/h2-6,9-11,15,30H,7-8,12-14H2,1H3/t15-,20-,21-/m1/s1. The summed E-state index contributed by atoms with van der Waals surface area (Å²) in [6.45, 7) is 2.66. The maximum atomic E-state index is 13.2. The largest absolute Gasteiger partial charge is 0.416 e. The van der Waals surface area contributed by atoms with Crippen molar-refractivity contribution in [3.63, 3.8) is 0 Å². The van der Waals surface area contributed by atoms with Crippen LogP contribution in [0.3, 0.4) is 0 Å². The van der Waals surface area contributed by atoms with E-state index in [0.717, 1.165) is 43.5 Å². The molecule has 2 aliphatic rings. The molecule has 1 saturated heterocycles. The van der Waals surface area contributed by atoms with Crippen LogP contribution in [0.15, 0.2) is 48.5 Å². The zero-order chi connectivity index (χ0) is 22.5. The molecule has 2 nitrogen and oxygen atoms in total. The van der Waals surface area contributed by atoms with E-state index in [9.17, 15) is 26.3 Å². The number of halogens is 6. The molecule has 1 aliphatic carbocycles. The van der Waals surface area contributed by atoms with E-state index in [1.54, 1.807) is 0 Å².